The summed E-state index contributed by atoms with van der Waals surface area (Å²) in [6, 6.07) is 0. The number of aliphatic hydroxyl groups excluding tert-OH is 1. The first kappa shape index (κ1) is 13.3. The lowest BCUT2D eigenvalue weighted by Crippen LogP contribution is -2.50. The maximum absolute atomic E-state index is 9.68. The highest BCUT2D eigenvalue weighted by atomic mass is 16.5. The van der Waals surface area contributed by atoms with Crippen LogP contribution in [0.4, 0.5) is 0 Å². The van der Waals surface area contributed by atoms with Gasteiger partial charge in [0.25, 0.3) is 0 Å². The van der Waals surface area contributed by atoms with Gasteiger partial charge in [-0.2, -0.15) is 0 Å². The molecule has 2 fully saturated rings. The Morgan fingerprint density at radius 2 is 2.06 bits per heavy atom. The van der Waals surface area contributed by atoms with Crippen molar-refractivity contribution in [1.82, 2.24) is 4.90 Å². The molecule has 4 heteroatoms. The Balaban J connectivity index is 1.88. The van der Waals surface area contributed by atoms with Crippen molar-refractivity contribution in [2.24, 2.45) is 5.41 Å². The van der Waals surface area contributed by atoms with Crippen LogP contribution in [0.1, 0.15) is 26.2 Å². The molecule has 1 unspecified atom stereocenters. The molecule has 4 nitrogen and oxygen atoms in total. The van der Waals surface area contributed by atoms with Crippen LogP contribution in [0.2, 0.25) is 0 Å². The molecule has 2 heterocycles. The number of morpholine rings is 1. The molecule has 17 heavy (non-hydrogen) atoms. The van der Waals surface area contributed by atoms with Crippen LogP contribution in [0.3, 0.4) is 0 Å². The van der Waals surface area contributed by atoms with Crippen LogP contribution in [0.15, 0.2) is 0 Å². The largest absolute Gasteiger partial charge is 0.396 e. The van der Waals surface area contributed by atoms with E-state index in [2.05, 4.69) is 11.8 Å². The van der Waals surface area contributed by atoms with E-state index < -0.39 is 0 Å². The summed E-state index contributed by atoms with van der Waals surface area (Å²) in [6.07, 6.45) is 3.42. The van der Waals surface area contributed by atoms with Crippen LogP contribution >= 0.6 is 0 Å². The lowest BCUT2D eigenvalue weighted by molar-refractivity contribution is -0.0732. The third kappa shape index (κ3) is 3.41. The Bertz CT molecular complexity index is 229. The molecular weight excluding hydrogens is 218 g/mol. The molecule has 0 radical (unpaired) electrons. The van der Waals surface area contributed by atoms with Crippen molar-refractivity contribution in [1.29, 1.82) is 0 Å². The molecule has 0 aromatic rings. The quantitative estimate of drug-likeness (QED) is 0.796. The minimum absolute atomic E-state index is 0.0634. The molecule has 0 aromatic carbocycles. The first-order valence-electron chi connectivity index (χ1n) is 6.80. The van der Waals surface area contributed by atoms with Crippen LogP contribution in [0.5, 0.6) is 0 Å². The molecule has 0 aromatic heterocycles. The SMILES string of the molecule is CCC1CN(CC2(CO)CCOCC2)CCO1. The molecule has 1 N–H and O–H groups in total. The molecule has 0 spiro atoms. The van der Waals surface area contributed by atoms with Crippen LogP contribution < -0.4 is 0 Å². The summed E-state index contributed by atoms with van der Waals surface area (Å²) in [6.45, 7) is 7.88. The normalized spacial score (nSPS) is 30.4. The van der Waals surface area contributed by atoms with Crippen LogP contribution in [-0.2, 0) is 9.47 Å². The van der Waals surface area contributed by atoms with E-state index >= 15 is 0 Å². The van der Waals surface area contributed by atoms with Gasteiger partial charge in [0.15, 0.2) is 0 Å². The first-order valence-corrected chi connectivity index (χ1v) is 6.80. The maximum atomic E-state index is 9.68. The maximum Gasteiger partial charge on any atom is 0.0700 e. The fourth-order valence-electron chi connectivity index (χ4n) is 2.82. The average molecular weight is 243 g/mol. The summed E-state index contributed by atoms with van der Waals surface area (Å²) in [5, 5.41) is 9.68. The number of ether oxygens (including phenoxy) is 2. The van der Waals surface area contributed by atoms with Gasteiger partial charge in [0, 0.05) is 38.3 Å². The first-order chi connectivity index (χ1) is 8.28. The molecular formula is C13H25NO3. The van der Waals surface area contributed by atoms with Gasteiger partial charge in [0.2, 0.25) is 0 Å². The molecule has 0 saturated carbocycles. The van der Waals surface area contributed by atoms with Crippen LogP contribution in [0, 0.1) is 5.41 Å². The molecule has 2 saturated heterocycles. The van der Waals surface area contributed by atoms with Gasteiger partial charge in [0.05, 0.1) is 19.3 Å². The van der Waals surface area contributed by atoms with Crippen LogP contribution in [0.25, 0.3) is 0 Å². The summed E-state index contributed by atoms with van der Waals surface area (Å²) < 4.78 is 11.1. The number of hydrogen-bond acceptors (Lipinski definition) is 4. The average Bonchev–Trinajstić information content (AvgIpc) is 2.40. The minimum Gasteiger partial charge on any atom is -0.396 e. The molecule has 0 amide bonds. The van der Waals surface area contributed by atoms with Gasteiger partial charge in [-0.25, -0.2) is 0 Å². The molecule has 0 aliphatic carbocycles. The second kappa shape index (κ2) is 6.14. The lowest BCUT2D eigenvalue weighted by atomic mass is 9.80. The van der Waals surface area contributed by atoms with Gasteiger partial charge in [-0.3, -0.25) is 4.90 Å². The third-order valence-electron chi connectivity index (χ3n) is 4.13. The van der Waals surface area contributed by atoms with Gasteiger partial charge in [-0.05, 0) is 19.3 Å². The molecule has 100 valence electrons. The monoisotopic (exact) mass is 243 g/mol. The fraction of sp³-hybridized carbons (Fsp3) is 1.00. The van der Waals surface area contributed by atoms with Crippen molar-refractivity contribution in [2.45, 2.75) is 32.3 Å². The van der Waals surface area contributed by atoms with E-state index in [9.17, 15) is 5.11 Å². The van der Waals surface area contributed by atoms with E-state index in [-0.39, 0.29) is 12.0 Å². The van der Waals surface area contributed by atoms with E-state index in [0.717, 1.165) is 58.7 Å². The van der Waals surface area contributed by atoms with Crippen molar-refractivity contribution in [3.05, 3.63) is 0 Å². The Morgan fingerprint density at radius 1 is 1.29 bits per heavy atom. The predicted molar refractivity (Wildman–Crippen MR) is 66.0 cm³/mol. The molecule has 0 bridgehead atoms. The standard InChI is InChI=1S/C13H25NO3/c1-2-12-9-14(5-8-17-12)10-13(11-15)3-6-16-7-4-13/h12,15H,2-11H2,1H3. The second-order valence-corrected chi connectivity index (χ2v) is 5.41. The van der Waals surface area contributed by atoms with E-state index in [4.69, 9.17) is 9.47 Å². The van der Waals surface area contributed by atoms with Gasteiger partial charge < -0.3 is 14.6 Å². The van der Waals surface area contributed by atoms with E-state index in [1.54, 1.807) is 0 Å². The Labute approximate surface area is 104 Å². The smallest absolute Gasteiger partial charge is 0.0700 e. The lowest BCUT2D eigenvalue weighted by Gasteiger charge is -2.42. The second-order valence-electron chi connectivity index (χ2n) is 5.41. The van der Waals surface area contributed by atoms with Crippen molar-refractivity contribution in [3.8, 4) is 0 Å². The number of aliphatic hydroxyl groups is 1. The summed E-state index contributed by atoms with van der Waals surface area (Å²) in [5.41, 5.74) is 0.0634. The Morgan fingerprint density at radius 3 is 2.71 bits per heavy atom. The van der Waals surface area contributed by atoms with Gasteiger partial charge in [-0.1, -0.05) is 6.92 Å². The van der Waals surface area contributed by atoms with Crippen molar-refractivity contribution in [3.63, 3.8) is 0 Å². The van der Waals surface area contributed by atoms with Gasteiger partial charge in [0.1, 0.15) is 0 Å². The van der Waals surface area contributed by atoms with E-state index in [1.807, 2.05) is 0 Å². The van der Waals surface area contributed by atoms with E-state index in [1.165, 1.54) is 0 Å². The van der Waals surface area contributed by atoms with Crippen molar-refractivity contribution in [2.75, 3.05) is 46.1 Å². The summed E-state index contributed by atoms with van der Waals surface area (Å²) in [5.74, 6) is 0. The minimum atomic E-state index is 0.0634. The predicted octanol–water partition coefficient (Wildman–Crippen LogP) is 0.886. The van der Waals surface area contributed by atoms with Crippen molar-refractivity contribution >= 4 is 0 Å². The zero-order chi connectivity index (χ0) is 12.1. The molecule has 2 rings (SSSR count). The number of hydrogen-bond donors (Lipinski definition) is 1. The summed E-state index contributed by atoms with van der Waals surface area (Å²) in [4.78, 5) is 2.46. The summed E-state index contributed by atoms with van der Waals surface area (Å²) in [7, 11) is 0. The van der Waals surface area contributed by atoms with Crippen LogP contribution in [-0.4, -0.2) is 62.2 Å². The highest BCUT2D eigenvalue weighted by Crippen LogP contribution is 2.31. The van der Waals surface area contributed by atoms with E-state index in [0.29, 0.717) is 6.10 Å². The topological polar surface area (TPSA) is 41.9 Å². The highest BCUT2D eigenvalue weighted by molar-refractivity contribution is 4.86. The Kier molecular flexibility index (Phi) is 4.79. The zero-order valence-corrected chi connectivity index (χ0v) is 10.9. The van der Waals surface area contributed by atoms with Gasteiger partial charge in [-0.15, -0.1) is 0 Å². The summed E-state index contributed by atoms with van der Waals surface area (Å²) >= 11 is 0. The highest BCUT2D eigenvalue weighted by Gasteiger charge is 2.35. The zero-order valence-electron chi connectivity index (χ0n) is 10.9. The van der Waals surface area contributed by atoms with Gasteiger partial charge >= 0.3 is 0 Å². The third-order valence-corrected chi connectivity index (χ3v) is 4.13. The number of rotatable bonds is 4. The molecule has 2 aliphatic heterocycles. The Hall–Kier alpha value is -0.160. The fourth-order valence-corrected chi connectivity index (χ4v) is 2.82. The molecule has 2 aliphatic rings. The number of nitrogens with zero attached hydrogens (tertiary/aromatic N) is 1. The molecule has 1 atom stereocenters. The van der Waals surface area contributed by atoms with Crippen molar-refractivity contribution < 1.29 is 14.6 Å².